The molecule has 1 N–H and O–H groups in total. The molecule has 0 heterocycles. The molecule has 0 aromatic carbocycles. The van der Waals surface area contributed by atoms with Crippen molar-refractivity contribution in [3.05, 3.63) is 0 Å². The monoisotopic (exact) mass is 200 g/mol. The predicted octanol–water partition coefficient (Wildman–Crippen LogP) is 1.55. The van der Waals surface area contributed by atoms with Gasteiger partial charge in [0, 0.05) is 13.5 Å². The van der Waals surface area contributed by atoms with E-state index in [4.69, 9.17) is 9.47 Å². The smallest absolute Gasteiger partial charge is 0.148 e. The van der Waals surface area contributed by atoms with Gasteiger partial charge >= 0.3 is 0 Å². The first-order valence-electron chi connectivity index (χ1n) is 5.03. The molecule has 0 aromatic heterocycles. The van der Waals surface area contributed by atoms with Gasteiger partial charge in [0.05, 0.1) is 6.10 Å². The number of rotatable bonds is 6. The van der Waals surface area contributed by atoms with Gasteiger partial charge in [-0.1, -0.05) is 26.2 Å². The van der Waals surface area contributed by atoms with Crippen molar-refractivity contribution in [1.82, 2.24) is 0 Å². The summed E-state index contributed by atoms with van der Waals surface area (Å²) in [5.41, 5.74) is 0. The number of hydrogen-bond acceptors (Lipinski definition) is 3. The average molecular weight is 200 g/mol. The van der Waals surface area contributed by atoms with Crippen LogP contribution >= 0.6 is 0 Å². The summed E-state index contributed by atoms with van der Waals surface area (Å²) in [7, 11) is 1.55. The zero-order chi connectivity index (χ0) is 10.8. The summed E-state index contributed by atoms with van der Waals surface area (Å²) in [6.45, 7) is 4.15. The Balaban J connectivity index is 4.07. The zero-order valence-electron chi connectivity index (χ0n) is 9.25. The topological polar surface area (TPSA) is 38.7 Å². The van der Waals surface area contributed by atoms with Gasteiger partial charge in [0.15, 0.2) is 0 Å². The van der Waals surface area contributed by atoms with E-state index in [0.717, 1.165) is 12.8 Å². The first-order chi connectivity index (χ1) is 6.76. The Morgan fingerprint density at radius 3 is 2.57 bits per heavy atom. The number of aliphatic hydroxyl groups is 1. The summed E-state index contributed by atoms with van der Waals surface area (Å²) in [5, 5.41) is 9.68. The van der Waals surface area contributed by atoms with Crippen molar-refractivity contribution >= 4 is 0 Å². The first-order valence-corrected chi connectivity index (χ1v) is 5.03. The summed E-state index contributed by atoms with van der Waals surface area (Å²) in [5.74, 6) is 5.79. The van der Waals surface area contributed by atoms with Crippen LogP contribution in [0.1, 0.15) is 33.1 Å². The highest BCUT2D eigenvalue weighted by atomic mass is 16.7. The standard InChI is InChI=1S/C11H20O3/c1-4-6-8-11(14-9-13-3)10(12)7-5-2/h10-12H,4-5,7,9H2,1-3H3/t10-,11+/m0/s1. The summed E-state index contributed by atoms with van der Waals surface area (Å²) < 4.78 is 10.0. The van der Waals surface area contributed by atoms with Crippen LogP contribution in [0, 0.1) is 11.8 Å². The number of hydrogen-bond donors (Lipinski definition) is 1. The van der Waals surface area contributed by atoms with E-state index in [-0.39, 0.29) is 6.79 Å². The lowest BCUT2D eigenvalue weighted by molar-refractivity contribution is -0.0907. The SMILES string of the molecule is CCC#C[C@@H](OCOC)[C@@H](O)CCC. The Labute approximate surface area is 86.4 Å². The molecule has 14 heavy (non-hydrogen) atoms. The molecule has 2 atom stereocenters. The van der Waals surface area contributed by atoms with E-state index in [1.165, 1.54) is 0 Å². The van der Waals surface area contributed by atoms with Gasteiger partial charge in [-0.2, -0.15) is 0 Å². The van der Waals surface area contributed by atoms with Gasteiger partial charge in [0.2, 0.25) is 0 Å². The Morgan fingerprint density at radius 1 is 1.36 bits per heavy atom. The normalized spacial score (nSPS) is 14.3. The minimum Gasteiger partial charge on any atom is -0.389 e. The average Bonchev–Trinajstić information content (AvgIpc) is 2.18. The van der Waals surface area contributed by atoms with E-state index in [1.807, 2.05) is 13.8 Å². The zero-order valence-corrected chi connectivity index (χ0v) is 9.25. The molecule has 0 aliphatic rings. The summed E-state index contributed by atoms with van der Waals surface area (Å²) in [6, 6.07) is 0. The third kappa shape index (κ3) is 5.98. The molecule has 82 valence electrons. The second kappa shape index (κ2) is 9.01. The molecule has 0 fully saturated rings. The van der Waals surface area contributed by atoms with E-state index in [0.29, 0.717) is 6.42 Å². The van der Waals surface area contributed by atoms with Crippen LogP contribution < -0.4 is 0 Å². The fourth-order valence-corrected chi connectivity index (χ4v) is 1.04. The second-order valence-corrected chi connectivity index (χ2v) is 3.02. The largest absolute Gasteiger partial charge is 0.389 e. The molecule has 0 aliphatic heterocycles. The van der Waals surface area contributed by atoms with Crippen molar-refractivity contribution in [1.29, 1.82) is 0 Å². The molecule has 0 unspecified atom stereocenters. The molecule has 3 nitrogen and oxygen atoms in total. The molecule has 0 saturated carbocycles. The van der Waals surface area contributed by atoms with Crippen molar-refractivity contribution < 1.29 is 14.6 Å². The molecule has 0 bridgehead atoms. The van der Waals surface area contributed by atoms with Gasteiger partial charge in [0.1, 0.15) is 12.9 Å². The van der Waals surface area contributed by atoms with Crippen LogP contribution in [0.5, 0.6) is 0 Å². The van der Waals surface area contributed by atoms with E-state index in [1.54, 1.807) is 7.11 Å². The fourth-order valence-electron chi connectivity index (χ4n) is 1.04. The second-order valence-electron chi connectivity index (χ2n) is 3.02. The van der Waals surface area contributed by atoms with Gasteiger partial charge in [-0.25, -0.2) is 0 Å². The van der Waals surface area contributed by atoms with Crippen LogP contribution in [-0.2, 0) is 9.47 Å². The molecular weight excluding hydrogens is 180 g/mol. The lowest BCUT2D eigenvalue weighted by Gasteiger charge is -2.17. The third-order valence-electron chi connectivity index (χ3n) is 1.72. The molecule has 0 aromatic rings. The third-order valence-corrected chi connectivity index (χ3v) is 1.72. The Kier molecular flexibility index (Phi) is 8.65. The molecule has 0 radical (unpaired) electrons. The quantitative estimate of drug-likeness (QED) is 0.522. The van der Waals surface area contributed by atoms with E-state index in [2.05, 4.69) is 11.8 Å². The van der Waals surface area contributed by atoms with Crippen molar-refractivity contribution in [2.45, 2.75) is 45.3 Å². The molecule has 0 aliphatic carbocycles. The van der Waals surface area contributed by atoms with Crippen LogP contribution in [0.4, 0.5) is 0 Å². The maximum atomic E-state index is 9.68. The van der Waals surface area contributed by atoms with Gasteiger partial charge in [-0.15, -0.1) is 5.92 Å². The molecule has 0 rings (SSSR count). The van der Waals surface area contributed by atoms with Gasteiger partial charge in [-0.3, -0.25) is 0 Å². The van der Waals surface area contributed by atoms with E-state index in [9.17, 15) is 5.11 Å². The van der Waals surface area contributed by atoms with Crippen LogP contribution in [0.3, 0.4) is 0 Å². The fraction of sp³-hybridized carbons (Fsp3) is 0.818. The lowest BCUT2D eigenvalue weighted by Crippen LogP contribution is -2.28. The minimum absolute atomic E-state index is 0.170. The van der Waals surface area contributed by atoms with Crippen LogP contribution in [0.2, 0.25) is 0 Å². The molecule has 0 saturated heterocycles. The summed E-state index contributed by atoms with van der Waals surface area (Å²) in [4.78, 5) is 0. The molecule has 0 spiro atoms. The van der Waals surface area contributed by atoms with Crippen molar-refractivity contribution in [2.75, 3.05) is 13.9 Å². The maximum absolute atomic E-state index is 9.68. The van der Waals surface area contributed by atoms with E-state index >= 15 is 0 Å². The first kappa shape index (κ1) is 13.4. The Bertz CT molecular complexity index is 181. The minimum atomic E-state index is -0.519. The molecule has 0 amide bonds. The predicted molar refractivity (Wildman–Crippen MR) is 55.7 cm³/mol. The number of aliphatic hydroxyl groups excluding tert-OH is 1. The van der Waals surface area contributed by atoms with Crippen LogP contribution in [0.15, 0.2) is 0 Å². The van der Waals surface area contributed by atoms with Crippen LogP contribution in [0.25, 0.3) is 0 Å². The van der Waals surface area contributed by atoms with Crippen molar-refractivity contribution in [3.63, 3.8) is 0 Å². The van der Waals surface area contributed by atoms with Crippen molar-refractivity contribution in [2.24, 2.45) is 0 Å². The van der Waals surface area contributed by atoms with Gasteiger partial charge in [-0.05, 0) is 6.42 Å². The number of ether oxygens (including phenoxy) is 2. The Hall–Kier alpha value is -0.560. The molecular formula is C11H20O3. The van der Waals surface area contributed by atoms with Gasteiger partial charge in [0.25, 0.3) is 0 Å². The highest BCUT2D eigenvalue weighted by Gasteiger charge is 2.16. The highest BCUT2D eigenvalue weighted by molar-refractivity contribution is 5.06. The van der Waals surface area contributed by atoms with Gasteiger partial charge < -0.3 is 14.6 Å². The van der Waals surface area contributed by atoms with E-state index < -0.39 is 12.2 Å². The summed E-state index contributed by atoms with van der Waals surface area (Å²) in [6.07, 6.45) is 1.45. The maximum Gasteiger partial charge on any atom is 0.148 e. The molecule has 3 heteroatoms. The Morgan fingerprint density at radius 2 is 2.07 bits per heavy atom. The summed E-state index contributed by atoms with van der Waals surface area (Å²) >= 11 is 0. The van der Waals surface area contributed by atoms with Crippen molar-refractivity contribution in [3.8, 4) is 11.8 Å². The van der Waals surface area contributed by atoms with Crippen LogP contribution in [-0.4, -0.2) is 31.2 Å². The lowest BCUT2D eigenvalue weighted by atomic mass is 10.1. The highest BCUT2D eigenvalue weighted by Crippen LogP contribution is 2.05. The number of methoxy groups -OCH3 is 1.